The molecule has 2 heterocycles. The first-order chi connectivity index (χ1) is 13.9. The third-order valence-corrected chi connectivity index (χ3v) is 6.91. The van der Waals surface area contributed by atoms with Crippen molar-refractivity contribution < 1.29 is 12.8 Å². The molecule has 2 N–H and O–H groups in total. The summed E-state index contributed by atoms with van der Waals surface area (Å²) in [6.45, 7) is 5.84. The van der Waals surface area contributed by atoms with Crippen LogP contribution in [0.4, 0.5) is 0 Å². The predicted molar refractivity (Wildman–Crippen MR) is 127 cm³/mol. The van der Waals surface area contributed by atoms with Gasteiger partial charge in [0.05, 0.1) is 17.1 Å². The van der Waals surface area contributed by atoms with E-state index in [0.717, 1.165) is 36.3 Å². The minimum atomic E-state index is -3.44. The van der Waals surface area contributed by atoms with Crippen molar-refractivity contribution in [2.24, 2.45) is 4.99 Å². The smallest absolute Gasteiger partial charge is 0.243 e. The number of sulfonamides is 1. The normalized spacial score (nSPS) is 15.5. The molecule has 166 valence electrons. The maximum absolute atomic E-state index is 12.9. The van der Waals surface area contributed by atoms with Crippen LogP contribution in [0, 0.1) is 13.8 Å². The number of aliphatic imine (C=N–C) groups is 1. The van der Waals surface area contributed by atoms with E-state index < -0.39 is 10.0 Å². The Bertz CT molecular complexity index is 949. The van der Waals surface area contributed by atoms with Gasteiger partial charge in [-0.3, -0.25) is 4.99 Å². The number of hydrogen-bond donors (Lipinski definition) is 2. The molecule has 0 atom stereocenters. The van der Waals surface area contributed by atoms with Crippen molar-refractivity contribution in [3.8, 4) is 0 Å². The number of oxazole rings is 1. The van der Waals surface area contributed by atoms with Crippen LogP contribution in [0.1, 0.15) is 42.2 Å². The summed E-state index contributed by atoms with van der Waals surface area (Å²) in [6, 6.07) is 7.07. The van der Waals surface area contributed by atoms with E-state index in [0.29, 0.717) is 42.9 Å². The molecule has 1 saturated heterocycles. The van der Waals surface area contributed by atoms with Gasteiger partial charge in [0.15, 0.2) is 5.96 Å². The van der Waals surface area contributed by atoms with Crippen LogP contribution in [-0.2, 0) is 23.1 Å². The zero-order chi connectivity index (χ0) is 20.9. The topological polar surface area (TPSA) is 99.8 Å². The van der Waals surface area contributed by atoms with Crippen molar-refractivity contribution in [1.82, 2.24) is 19.9 Å². The molecule has 1 aromatic carbocycles. The maximum atomic E-state index is 12.9. The largest absolute Gasteiger partial charge is 0.444 e. The number of aryl methyl sites for hydroxylation is 2. The van der Waals surface area contributed by atoms with Gasteiger partial charge in [-0.25, -0.2) is 13.4 Å². The number of hydrogen-bond acceptors (Lipinski definition) is 5. The van der Waals surface area contributed by atoms with Gasteiger partial charge in [-0.2, -0.15) is 4.31 Å². The lowest BCUT2D eigenvalue weighted by Crippen LogP contribution is -2.37. The fourth-order valence-corrected chi connectivity index (χ4v) is 4.84. The highest BCUT2D eigenvalue weighted by atomic mass is 127. The van der Waals surface area contributed by atoms with Crippen molar-refractivity contribution in [1.29, 1.82) is 0 Å². The van der Waals surface area contributed by atoms with Crippen LogP contribution >= 0.6 is 24.0 Å². The average molecular weight is 547 g/mol. The lowest BCUT2D eigenvalue weighted by Gasteiger charge is -2.26. The number of benzene rings is 1. The van der Waals surface area contributed by atoms with Crippen molar-refractivity contribution in [2.75, 3.05) is 20.1 Å². The fraction of sp³-hybridized carbons (Fsp3) is 0.500. The molecule has 8 nitrogen and oxygen atoms in total. The van der Waals surface area contributed by atoms with E-state index in [1.54, 1.807) is 29.6 Å². The van der Waals surface area contributed by atoms with Gasteiger partial charge in [-0.15, -0.1) is 24.0 Å². The first-order valence-electron chi connectivity index (χ1n) is 9.86. The van der Waals surface area contributed by atoms with Gasteiger partial charge in [0.25, 0.3) is 0 Å². The minimum absolute atomic E-state index is 0. The summed E-state index contributed by atoms with van der Waals surface area (Å²) in [5.41, 5.74) is 1.74. The van der Waals surface area contributed by atoms with E-state index in [-0.39, 0.29) is 24.0 Å². The molecule has 0 aliphatic carbocycles. The van der Waals surface area contributed by atoms with Gasteiger partial charge >= 0.3 is 0 Å². The Morgan fingerprint density at radius 2 is 1.87 bits per heavy atom. The molecule has 0 unspecified atom stereocenters. The van der Waals surface area contributed by atoms with Crippen LogP contribution < -0.4 is 10.6 Å². The second-order valence-corrected chi connectivity index (χ2v) is 9.08. The number of guanidine groups is 1. The number of rotatable bonds is 6. The standard InChI is InChI=1S/C20H29N5O3S.HI/c1-15-16(2)28-19(24-15)14-23-20(21-3)22-13-17-8-7-9-18(12-17)29(26,27)25-10-5-4-6-11-25;/h7-9,12H,4-6,10-11,13-14H2,1-3H3,(H2,21,22,23);1H. The third-order valence-electron chi connectivity index (χ3n) is 5.01. The molecule has 1 aliphatic rings. The number of halogens is 1. The van der Waals surface area contributed by atoms with Gasteiger partial charge in [0, 0.05) is 26.7 Å². The molecule has 0 bridgehead atoms. The van der Waals surface area contributed by atoms with Crippen LogP contribution in [0.2, 0.25) is 0 Å². The Labute approximate surface area is 195 Å². The molecule has 30 heavy (non-hydrogen) atoms. The Hall–Kier alpha value is -1.66. The van der Waals surface area contributed by atoms with Gasteiger partial charge < -0.3 is 15.1 Å². The van der Waals surface area contributed by atoms with Crippen LogP contribution in [0.3, 0.4) is 0 Å². The zero-order valence-electron chi connectivity index (χ0n) is 17.6. The van der Waals surface area contributed by atoms with Crippen LogP contribution in [0.15, 0.2) is 38.6 Å². The van der Waals surface area contributed by atoms with Crippen molar-refractivity contribution in [2.45, 2.75) is 51.1 Å². The molecule has 3 rings (SSSR count). The van der Waals surface area contributed by atoms with E-state index in [1.807, 2.05) is 19.9 Å². The fourth-order valence-electron chi connectivity index (χ4n) is 3.25. The van der Waals surface area contributed by atoms with Crippen molar-refractivity contribution >= 4 is 40.0 Å². The van der Waals surface area contributed by atoms with E-state index in [1.165, 1.54) is 0 Å². The summed E-state index contributed by atoms with van der Waals surface area (Å²) in [5.74, 6) is 1.98. The number of piperidine rings is 1. The van der Waals surface area contributed by atoms with E-state index in [2.05, 4.69) is 20.6 Å². The molecule has 0 spiro atoms. The van der Waals surface area contributed by atoms with Crippen LogP contribution in [0.25, 0.3) is 0 Å². The van der Waals surface area contributed by atoms with Gasteiger partial charge in [0.1, 0.15) is 5.76 Å². The molecule has 0 saturated carbocycles. The number of nitrogens with one attached hydrogen (secondary N) is 2. The molecule has 2 aromatic rings. The second-order valence-electron chi connectivity index (χ2n) is 7.14. The summed E-state index contributed by atoms with van der Waals surface area (Å²) in [4.78, 5) is 8.87. The summed E-state index contributed by atoms with van der Waals surface area (Å²) >= 11 is 0. The first-order valence-corrected chi connectivity index (χ1v) is 11.3. The summed E-state index contributed by atoms with van der Waals surface area (Å²) < 4.78 is 32.9. The highest BCUT2D eigenvalue weighted by molar-refractivity contribution is 14.0. The molecule has 1 fully saturated rings. The molecule has 0 radical (unpaired) electrons. The highest BCUT2D eigenvalue weighted by Gasteiger charge is 2.25. The summed E-state index contributed by atoms with van der Waals surface area (Å²) in [6.07, 6.45) is 2.94. The monoisotopic (exact) mass is 547 g/mol. The highest BCUT2D eigenvalue weighted by Crippen LogP contribution is 2.21. The molecule has 0 amide bonds. The van der Waals surface area contributed by atoms with Gasteiger partial charge in [-0.05, 0) is 44.4 Å². The zero-order valence-corrected chi connectivity index (χ0v) is 20.8. The Morgan fingerprint density at radius 1 is 1.17 bits per heavy atom. The molecular formula is C20H30IN5O3S. The van der Waals surface area contributed by atoms with Crippen molar-refractivity contribution in [3.05, 3.63) is 47.2 Å². The number of nitrogens with zero attached hydrogens (tertiary/aromatic N) is 3. The van der Waals surface area contributed by atoms with E-state index in [4.69, 9.17) is 4.42 Å². The summed E-state index contributed by atoms with van der Waals surface area (Å²) in [7, 11) is -1.76. The Kier molecular flexibility index (Phi) is 9.10. The lowest BCUT2D eigenvalue weighted by molar-refractivity contribution is 0.346. The van der Waals surface area contributed by atoms with E-state index >= 15 is 0 Å². The predicted octanol–water partition coefficient (Wildman–Crippen LogP) is 2.95. The molecule has 1 aliphatic heterocycles. The first kappa shape index (κ1) is 24.6. The Balaban J connectivity index is 0.00000320. The molecule has 1 aromatic heterocycles. The quantitative estimate of drug-likeness (QED) is 0.328. The second kappa shape index (κ2) is 11.1. The SMILES string of the molecule is CN=C(NCc1cccc(S(=O)(=O)N2CCCCC2)c1)NCc1nc(C)c(C)o1.I. The van der Waals surface area contributed by atoms with Crippen LogP contribution in [0.5, 0.6) is 0 Å². The van der Waals surface area contributed by atoms with Gasteiger partial charge in [-0.1, -0.05) is 18.6 Å². The lowest BCUT2D eigenvalue weighted by atomic mass is 10.2. The summed E-state index contributed by atoms with van der Waals surface area (Å²) in [5, 5.41) is 6.35. The van der Waals surface area contributed by atoms with Gasteiger partial charge in [0.2, 0.25) is 15.9 Å². The molecular weight excluding hydrogens is 517 g/mol. The third kappa shape index (κ3) is 6.17. The van der Waals surface area contributed by atoms with Crippen LogP contribution in [-0.4, -0.2) is 43.8 Å². The molecule has 10 heteroatoms. The Morgan fingerprint density at radius 3 is 2.50 bits per heavy atom. The number of aromatic nitrogens is 1. The minimum Gasteiger partial charge on any atom is -0.444 e. The van der Waals surface area contributed by atoms with E-state index in [9.17, 15) is 8.42 Å². The maximum Gasteiger partial charge on any atom is 0.243 e. The average Bonchev–Trinajstić information content (AvgIpc) is 3.06. The van der Waals surface area contributed by atoms with Crippen molar-refractivity contribution in [3.63, 3.8) is 0 Å².